The molecule has 1 aromatic carbocycles. The molecular formula is C15H24O3. The molecule has 0 unspecified atom stereocenters. The smallest absolute Gasteiger partial charge is 0.147 e. The predicted octanol–water partition coefficient (Wildman–Crippen LogP) is 2.98. The molecule has 0 fully saturated rings. The number of aliphatic hydroxyl groups excluding tert-OH is 1. The van der Waals surface area contributed by atoms with Gasteiger partial charge in [0.05, 0.1) is 6.61 Å². The van der Waals surface area contributed by atoms with E-state index in [1.54, 1.807) is 0 Å². The van der Waals surface area contributed by atoms with Crippen LogP contribution in [0.1, 0.15) is 32.3 Å². The first-order valence-electron chi connectivity index (χ1n) is 6.44. The molecule has 0 bridgehead atoms. The van der Waals surface area contributed by atoms with Crippen LogP contribution in [-0.2, 0) is 16.1 Å². The monoisotopic (exact) mass is 252 g/mol. The van der Waals surface area contributed by atoms with Gasteiger partial charge in [-0.15, -0.1) is 0 Å². The van der Waals surface area contributed by atoms with Crippen LogP contribution in [0.25, 0.3) is 0 Å². The minimum atomic E-state index is 0.133. The van der Waals surface area contributed by atoms with Crippen LogP contribution >= 0.6 is 0 Å². The molecule has 0 spiro atoms. The summed E-state index contributed by atoms with van der Waals surface area (Å²) in [6, 6.07) is 10.0. The van der Waals surface area contributed by atoms with Crippen LogP contribution in [0.5, 0.6) is 0 Å². The third kappa shape index (κ3) is 6.74. The predicted molar refractivity (Wildman–Crippen MR) is 72.2 cm³/mol. The van der Waals surface area contributed by atoms with E-state index in [9.17, 15) is 0 Å². The van der Waals surface area contributed by atoms with Crippen LogP contribution in [-0.4, -0.2) is 25.1 Å². The lowest BCUT2D eigenvalue weighted by Gasteiger charge is -2.23. The van der Waals surface area contributed by atoms with Gasteiger partial charge in [-0.1, -0.05) is 44.2 Å². The van der Waals surface area contributed by atoms with E-state index in [1.165, 1.54) is 0 Å². The molecule has 0 saturated heterocycles. The van der Waals surface area contributed by atoms with Crippen molar-refractivity contribution in [2.75, 3.05) is 20.0 Å². The third-order valence-corrected chi connectivity index (χ3v) is 2.99. The number of hydrogen-bond donors (Lipinski definition) is 1. The van der Waals surface area contributed by atoms with Crippen molar-refractivity contribution in [3.63, 3.8) is 0 Å². The molecule has 1 aromatic rings. The van der Waals surface area contributed by atoms with Gasteiger partial charge in [-0.3, -0.25) is 0 Å². The molecule has 0 heterocycles. The minimum Gasteiger partial charge on any atom is -0.396 e. The van der Waals surface area contributed by atoms with Crippen LogP contribution in [0.4, 0.5) is 0 Å². The summed E-state index contributed by atoms with van der Waals surface area (Å²) in [5.74, 6) is 0. The van der Waals surface area contributed by atoms with Gasteiger partial charge >= 0.3 is 0 Å². The van der Waals surface area contributed by atoms with Crippen molar-refractivity contribution in [2.45, 2.75) is 33.3 Å². The van der Waals surface area contributed by atoms with E-state index in [1.807, 2.05) is 30.3 Å². The largest absolute Gasteiger partial charge is 0.396 e. The summed E-state index contributed by atoms with van der Waals surface area (Å²) in [5, 5.41) is 8.90. The van der Waals surface area contributed by atoms with E-state index >= 15 is 0 Å². The second-order valence-electron chi connectivity index (χ2n) is 5.25. The number of hydrogen-bond acceptors (Lipinski definition) is 3. The Morgan fingerprint density at radius 2 is 1.78 bits per heavy atom. The summed E-state index contributed by atoms with van der Waals surface area (Å²) >= 11 is 0. The van der Waals surface area contributed by atoms with Crippen molar-refractivity contribution < 1.29 is 14.6 Å². The van der Waals surface area contributed by atoms with E-state index in [4.69, 9.17) is 14.6 Å². The quantitative estimate of drug-likeness (QED) is 0.542. The fourth-order valence-electron chi connectivity index (χ4n) is 1.63. The average molecular weight is 252 g/mol. The van der Waals surface area contributed by atoms with Crippen LogP contribution in [0.15, 0.2) is 30.3 Å². The minimum absolute atomic E-state index is 0.133. The topological polar surface area (TPSA) is 38.7 Å². The molecule has 0 aliphatic carbocycles. The highest BCUT2D eigenvalue weighted by molar-refractivity contribution is 5.13. The maximum atomic E-state index is 8.90. The maximum Gasteiger partial charge on any atom is 0.147 e. The third-order valence-electron chi connectivity index (χ3n) is 2.99. The van der Waals surface area contributed by atoms with E-state index < -0.39 is 0 Å². The number of rotatable bonds is 9. The van der Waals surface area contributed by atoms with Crippen molar-refractivity contribution in [2.24, 2.45) is 5.41 Å². The Kier molecular flexibility index (Phi) is 6.94. The fraction of sp³-hybridized carbons (Fsp3) is 0.600. The van der Waals surface area contributed by atoms with Crippen LogP contribution in [0.2, 0.25) is 0 Å². The van der Waals surface area contributed by atoms with E-state index in [0.29, 0.717) is 20.0 Å². The van der Waals surface area contributed by atoms with E-state index in [2.05, 4.69) is 13.8 Å². The molecule has 1 N–H and O–H groups in total. The molecule has 0 atom stereocenters. The first-order valence-corrected chi connectivity index (χ1v) is 6.44. The van der Waals surface area contributed by atoms with Gasteiger partial charge in [0.25, 0.3) is 0 Å². The Morgan fingerprint density at radius 3 is 2.44 bits per heavy atom. The number of benzene rings is 1. The second-order valence-corrected chi connectivity index (χ2v) is 5.25. The van der Waals surface area contributed by atoms with Crippen molar-refractivity contribution in [3.8, 4) is 0 Å². The van der Waals surface area contributed by atoms with Gasteiger partial charge in [0.2, 0.25) is 0 Å². The molecule has 0 aliphatic rings. The Bertz CT molecular complexity index is 309. The molecular weight excluding hydrogens is 228 g/mol. The van der Waals surface area contributed by atoms with Crippen molar-refractivity contribution >= 4 is 0 Å². The van der Waals surface area contributed by atoms with E-state index in [-0.39, 0.29) is 12.0 Å². The standard InChI is InChI=1S/C15H24O3/c1-15(2,8-10-16)9-11-17-13-18-12-14-6-4-3-5-7-14/h3-7,16H,8-13H2,1-2H3. The zero-order valence-corrected chi connectivity index (χ0v) is 11.4. The van der Waals surface area contributed by atoms with Crippen molar-refractivity contribution in [1.29, 1.82) is 0 Å². The Morgan fingerprint density at radius 1 is 1.06 bits per heavy atom. The highest BCUT2D eigenvalue weighted by Gasteiger charge is 2.16. The Balaban J connectivity index is 2.02. The highest BCUT2D eigenvalue weighted by Crippen LogP contribution is 2.24. The Labute approximate surface area is 110 Å². The molecule has 0 aromatic heterocycles. The first kappa shape index (κ1) is 15.2. The number of aliphatic hydroxyl groups is 1. The summed E-state index contributed by atoms with van der Waals surface area (Å²) in [4.78, 5) is 0. The molecule has 0 radical (unpaired) electrons. The lowest BCUT2D eigenvalue weighted by atomic mass is 9.86. The first-order chi connectivity index (χ1) is 8.64. The summed E-state index contributed by atoms with van der Waals surface area (Å²) in [6.07, 6.45) is 1.74. The lowest BCUT2D eigenvalue weighted by Crippen LogP contribution is -2.16. The molecule has 3 nitrogen and oxygen atoms in total. The van der Waals surface area contributed by atoms with Crippen LogP contribution in [0.3, 0.4) is 0 Å². The van der Waals surface area contributed by atoms with Gasteiger partial charge in [0.15, 0.2) is 0 Å². The maximum absolute atomic E-state index is 8.90. The summed E-state index contributed by atoms with van der Waals surface area (Å²) in [7, 11) is 0. The zero-order valence-electron chi connectivity index (χ0n) is 11.4. The van der Waals surface area contributed by atoms with Gasteiger partial charge < -0.3 is 14.6 Å². The molecule has 102 valence electrons. The second kappa shape index (κ2) is 8.25. The summed E-state index contributed by atoms with van der Waals surface area (Å²) < 4.78 is 10.9. The summed E-state index contributed by atoms with van der Waals surface area (Å²) in [6.45, 7) is 6.08. The van der Waals surface area contributed by atoms with Gasteiger partial charge in [-0.05, 0) is 23.8 Å². The normalized spacial score (nSPS) is 11.7. The number of ether oxygens (including phenoxy) is 2. The van der Waals surface area contributed by atoms with Crippen molar-refractivity contribution in [3.05, 3.63) is 35.9 Å². The summed E-state index contributed by atoms with van der Waals surface area (Å²) in [5.41, 5.74) is 1.29. The molecule has 0 aliphatic heterocycles. The fourth-order valence-corrected chi connectivity index (χ4v) is 1.63. The molecule has 18 heavy (non-hydrogen) atoms. The molecule has 1 rings (SSSR count). The molecule has 0 saturated carbocycles. The van der Waals surface area contributed by atoms with Crippen molar-refractivity contribution in [1.82, 2.24) is 0 Å². The highest BCUT2D eigenvalue weighted by atomic mass is 16.7. The Hall–Kier alpha value is -0.900. The van der Waals surface area contributed by atoms with Gasteiger partial charge in [0.1, 0.15) is 6.79 Å². The average Bonchev–Trinajstić information content (AvgIpc) is 2.35. The van der Waals surface area contributed by atoms with Crippen LogP contribution < -0.4 is 0 Å². The molecule has 0 amide bonds. The van der Waals surface area contributed by atoms with E-state index in [0.717, 1.165) is 18.4 Å². The van der Waals surface area contributed by atoms with Crippen LogP contribution in [0, 0.1) is 5.41 Å². The zero-order chi connectivity index (χ0) is 13.3. The van der Waals surface area contributed by atoms with Gasteiger partial charge in [0, 0.05) is 13.2 Å². The SMILES string of the molecule is CC(C)(CCO)CCOCOCc1ccccc1. The van der Waals surface area contributed by atoms with Gasteiger partial charge in [-0.25, -0.2) is 0 Å². The lowest BCUT2D eigenvalue weighted by molar-refractivity contribution is -0.0680. The molecule has 3 heteroatoms. The van der Waals surface area contributed by atoms with Gasteiger partial charge in [-0.2, -0.15) is 0 Å².